The zero-order valence-corrected chi connectivity index (χ0v) is 10.5. The summed E-state index contributed by atoms with van der Waals surface area (Å²) in [5.41, 5.74) is 5.55. The van der Waals surface area contributed by atoms with E-state index in [4.69, 9.17) is 5.73 Å². The first-order chi connectivity index (χ1) is 8.41. The van der Waals surface area contributed by atoms with Crippen molar-refractivity contribution in [3.63, 3.8) is 0 Å². The number of nitrogens with two attached hydrogens (primary N) is 1. The van der Waals surface area contributed by atoms with Crippen LogP contribution in [-0.4, -0.2) is 37.0 Å². The van der Waals surface area contributed by atoms with Gasteiger partial charge in [-0.3, -0.25) is 0 Å². The number of piperidine rings is 1. The first-order valence-corrected chi connectivity index (χ1v) is 7.08. The molecule has 3 N–H and O–H groups in total. The largest absolute Gasteiger partial charge is 0.399 e. The van der Waals surface area contributed by atoms with E-state index < -0.39 is 26.8 Å². The molecule has 1 aromatic carbocycles. The van der Waals surface area contributed by atoms with E-state index in [0.29, 0.717) is 19.4 Å². The van der Waals surface area contributed by atoms with Gasteiger partial charge >= 0.3 is 0 Å². The number of β-amino-alcohol motifs (C(OH)–C–C–N with tert-alkyl or cyclic N) is 1. The van der Waals surface area contributed by atoms with Crippen LogP contribution >= 0.6 is 0 Å². The van der Waals surface area contributed by atoms with Crippen LogP contribution in [0.1, 0.15) is 12.8 Å². The summed E-state index contributed by atoms with van der Waals surface area (Å²) < 4.78 is 39.2. The molecular weight excluding hydrogens is 259 g/mol. The minimum absolute atomic E-state index is 0.00610. The number of nitrogens with zero attached hydrogens (tertiary/aromatic N) is 1. The number of hydrogen-bond acceptors (Lipinski definition) is 4. The predicted molar refractivity (Wildman–Crippen MR) is 64.8 cm³/mol. The van der Waals surface area contributed by atoms with Gasteiger partial charge in [-0.15, -0.1) is 0 Å². The molecule has 0 unspecified atom stereocenters. The maximum Gasteiger partial charge on any atom is 0.246 e. The summed E-state index contributed by atoms with van der Waals surface area (Å²) in [6.45, 7) is 0.301. The second kappa shape index (κ2) is 4.83. The minimum Gasteiger partial charge on any atom is -0.399 e. The van der Waals surface area contributed by atoms with Crippen LogP contribution in [-0.2, 0) is 10.0 Å². The third-order valence-electron chi connectivity index (χ3n) is 2.93. The summed E-state index contributed by atoms with van der Waals surface area (Å²) in [4.78, 5) is -0.397. The quantitative estimate of drug-likeness (QED) is 0.772. The van der Waals surface area contributed by atoms with Gasteiger partial charge in [0.25, 0.3) is 0 Å². The average Bonchev–Trinajstić information content (AvgIpc) is 2.28. The van der Waals surface area contributed by atoms with Gasteiger partial charge < -0.3 is 10.8 Å². The van der Waals surface area contributed by atoms with Crippen LogP contribution in [0.25, 0.3) is 0 Å². The lowest BCUT2D eigenvalue weighted by atomic mass is 10.1. The van der Waals surface area contributed by atoms with E-state index in [9.17, 15) is 17.9 Å². The molecule has 1 saturated heterocycles. The van der Waals surface area contributed by atoms with Gasteiger partial charge in [0.1, 0.15) is 10.7 Å². The fourth-order valence-corrected chi connectivity index (χ4v) is 3.57. The summed E-state index contributed by atoms with van der Waals surface area (Å²) >= 11 is 0. The Morgan fingerprint density at radius 2 is 2.17 bits per heavy atom. The number of benzene rings is 1. The molecule has 1 aliphatic heterocycles. The maximum absolute atomic E-state index is 13.6. The van der Waals surface area contributed by atoms with Crippen molar-refractivity contribution >= 4 is 15.7 Å². The molecule has 1 aliphatic rings. The lowest BCUT2D eigenvalue weighted by Crippen LogP contribution is -2.42. The van der Waals surface area contributed by atoms with Gasteiger partial charge in [0.15, 0.2) is 0 Å². The topological polar surface area (TPSA) is 83.6 Å². The van der Waals surface area contributed by atoms with Crippen molar-refractivity contribution in [1.82, 2.24) is 4.31 Å². The third-order valence-corrected chi connectivity index (χ3v) is 4.83. The number of halogens is 1. The van der Waals surface area contributed by atoms with Gasteiger partial charge in [-0.1, -0.05) is 0 Å². The zero-order valence-electron chi connectivity index (χ0n) is 9.71. The summed E-state index contributed by atoms with van der Waals surface area (Å²) in [7, 11) is -3.90. The molecule has 1 heterocycles. The summed E-state index contributed by atoms with van der Waals surface area (Å²) in [6.07, 6.45) is 0.443. The first kappa shape index (κ1) is 13.3. The fourth-order valence-electron chi connectivity index (χ4n) is 2.00. The molecule has 0 aliphatic carbocycles. The van der Waals surface area contributed by atoms with Crippen LogP contribution in [0.4, 0.5) is 10.1 Å². The molecule has 7 heteroatoms. The van der Waals surface area contributed by atoms with Gasteiger partial charge in [0.2, 0.25) is 10.0 Å². The van der Waals surface area contributed by atoms with E-state index in [1.165, 1.54) is 6.07 Å². The molecule has 0 spiro atoms. The summed E-state index contributed by atoms with van der Waals surface area (Å²) in [6, 6.07) is 3.48. The van der Waals surface area contributed by atoms with Gasteiger partial charge in [-0.05, 0) is 31.0 Å². The number of nitrogen functional groups attached to an aromatic ring is 1. The van der Waals surface area contributed by atoms with E-state index in [1.54, 1.807) is 0 Å². The molecule has 1 atom stereocenters. The molecule has 0 aromatic heterocycles. The van der Waals surface area contributed by atoms with Gasteiger partial charge in [-0.25, -0.2) is 12.8 Å². The van der Waals surface area contributed by atoms with Crippen LogP contribution < -0.4 is 5.73 Å². The van der Waals surface area contributed by atoms with Crippen molar-refractivity contribution in [2.45, 2.75) is 23.8 Å². The van der Waals surface area contributed by atoms with Crippen molar-refractivity contribution in [3.05, 3.63) is 24.0 Å². The predicted octanol–water partition coefficient (Wildman–Crippen LogP) is 0.553. The average molecular weight is 274 g/mol. The SMILES string of the molecule is Nc1ccc(S(=O)(=O)N2CCC[C@H](O)C2)c(F)c1. The number of anilines is 1. The Morgan fingerprint density at radius 1 is 1.44 bits per heavy atom. The lowest BCUT2D eigenvalue weighted by molar-refractivity contribution is 0.108. The number of aliphatic hydroxyl groups is 1. The minimum atomic E-state index is -3.90. The van der Waals surface area contributed by atoms with E-state index in [2.05, 4.69) is 0 Å². The highest BCUT2D eigenvalue weighted by Gasteiger charge is 2.31. The highest BCUT2D eigenvalue weighted by Crippen LogP contribution is 2.24. The Labute approximate surface area is 105 Å². The second-order valence-corrected chi connectivity index (χ2v) is 6.26. The number of hydrogen-bond donors (Lipinski definition) is 2. The Kier molecular flexibility index (Phi) is 3.56. The Morgan fingerprint density at radius 3 is 2.78 bits per heavy atom. The molecule has 18 heavy (non-hydrogen) atoms. The monoisotopic (exact) mass is 274 g/mol. The number of sulfonamides is 1. The first-order valence-electron chi connectivity index (χ1n) is 5.64. The molecule has 5 nitrogen and oxygen atoms in total. The lowest BCUT2D eigenvalue weighted by Gasteiger charge is -2.29. The van der Waals surface area contributed by atoms with Crippen LogP contribution in [0.15, 0.2) is 23.1 Å². The molecule has 0 radical (unpaired) electrons. The van der Waals surface area contributed by atoms with E-state index in [0.717, 1.165) is 16.4 Å². The second-order valence-electron chi connectivity index (χ2n) is 4.35. The molecular formula is C11H15FN2O3S. The van der Waals surface area contributed by atoms with Crippen LogP contribution in [0.5, 0.6) is 0 Å². The molecule has 0 bridgehead atoms. The molecule has 1 aromatic rings. The smallest absolute Gasteiger partial charge is 0.246 e. The van der Waals surface area contributed by atoms with Crippen molar-refractivity contribution < 1.29 is 17.9 Å². The van der Waals surface area contributed by atoms with Gasteiger partial charge in [0, 0.05) is 18.8 Å². The standard InChI is InChI=1S/C11H15FN2O3S/c12-10-6-8(13)3-4-11(10)18(16,17)14-5-1-2-9(15)7-14/h3-4,6,9,15H,1-2,5,7,13H2/t9-/m0/s1. The maximum atomic E-state index is 13.6. The van der Waals surface area contributed by atoms with Crippen molar-refractivity contribution in [1.29, 1.82) is 0 Å². The van der Waals surface area contributed by atoms with Crippen molar-refractivity contribution in [3.8, 4) is 0 Å². The Hall–Kier alpha value is -1.18. The van der Waals surface area contributed by atoms with Gasteiger partial charge in [0.05, 0.1) is 6.10 Å². The summed E-state index contributed by atoms with van der Waals surface area (Å²) in [5.74, 6) is -0.866. The van der Waals surface area contributed by atoms with E-state index in [1.807, 2.05) is 0 Å². The number of aliphatic hydroxyl groups excluding tert-OH is 1. The Bertz CT molecular complexity index is 547. The zero-order chi connectivity index (χ0) is 13.3. The van der Waals surface area contributed by atoms with Crippen LogP contribution in [0, 0.1) is 5.82 Å². The number of rotatable bonds is 2. The van der Waals surface area contributed by atoms with E-state index >= 15 is 0 Å². The van der Waals surface area contributed by atoms with Crippen LogP contribution in [0.2, 0.25) is 0 Å². The fraction of sp³-hybridized carbons (Fsp3) is 0.455. The third kappa shape index (κ3) is 2.47. The molecule has 100 valence electrons. The summed E-state index contributed by atoms with van der Waals surface area (Å²) in [5, 5.41) is 9.48. The van der Waals surface area contributed by atoms with E-state index in [-0.39, 0.29) is 12.2 Å². The highest BCUT2D eigenvalue weighted by atomic mass is 32.2. The molecule has 2 rings (SSSR count). The Balaban J connectivity index is 2.35. The normalized spacial score (nSPS) is 22.0. The molecule has 1 fully saturated rings. The van der Waals surface area contributed by atoms with Crippen molar-refractivity contribution in [2.24, 2.45) is 0 Å². The van der Waals surface area contributed by atoms with Crippen LogP contribution in [0.3, 0.4) is 0 Å². The van der Waals surface area contributed by atoms with Crippen molar-refractivity contribution in [2.75, 3.05) is 18.8 Å². The molecule has 0 amide bonds. The van der Waals surface area contributed by atoms with Gasteiger partial charge in [-0.2, -0.15) is 4.31 Å². The molecule has 0 saturated carbocycles. The highest BCUT2D eigenvalue weighted by molar-refractivity contribution is 7.89.